The molecule has 0 aromatic heterocycles. The fraction of sp³-hybridized carbons (Fsp3) is 0.549. The van der Waals surface area contributed by atoms with Crippen molar-refractivity contribution in [1.29, 1.82) is 0 Å². The molecule has 2 aromatic rings. The fourth-order valence-corrected chi connectivity index (χ4v) is 11.8. The van der Waals surface area contributed by atoms with E-state index in [0.717, 1.165) is 11.1 Å². The molecule has 7 rings (SSSR count). The van der Waals surface area contributed by atoms with Crippen molar-refractivity contribution in [2.24, 2.45) is 34.5 Å². The maximum Gasteiger partial charge on any atom is 0.304 e. The molecule has 1 unspecified atom stereocenters. The zero-order valence-corrected chi connectivity index (χ0v) is 39.3. The van der Waals surface area contributed by atoms with Gasteiger partial charge >= 0.3 is 5.97 Å². The number of aliphatic hydroxyl groups excluding tert-OH is 2. The summed E-state index contributed by atoms with van der Waals surface area (Å²) in [6.07, 6.45) is 2.19. The molecule has 2 aromatic carbocycles. The van der Waals surface area contributed by atoms with Gasteiger partial charge in [-0.05, 0) is 100 Å². The van der Waals surface area contributed by atoms with Crippen LogP contribution in [0.25, 0.3) is 0 Å². The zero-order chi connectivity index (χ0) is 49.5. The number of benzene rings is 2. The molecule has 366 valence electrons. The van der Waals surface area contributed by atoms with Gasteiger partial charge in [0.05, 0.1) is 24.5 Å². The predicted molar refractivity (Wildman–Crippen MR) is 245 cm³/mol. The van der Waals surface area contributed by atoms with E-state index in [1.807, 2.05) is 37.3 Å². The summed E-state index contributed by atoms with van der Waals surface area (Å²) >= 11 is 0. The molecule has 12 atom stereocenters. The van der Waals surface area contributed by atoms with Crippen molar-refractivity contribution in [2.75, 3.05) is 18.5 Å². The maximum absolute atomic E-state index is 17.8. The Labute approximate surface area is 394 Å². The Bertz CT molecular complexity index is 2410. The molecule has 1 heterocycles. The van der Waals surface area contributed by atoms with E-state index in [-0.39, 0.29) is 43.9 Å². The molecule has 1 aliphatic heterocycles. The highest BCUT2D eigenvalue weighted by molar-refractivity contribution is 6.01. The van der Waals surface area contributed by atoms with Gasteiger partial charge in [-0.15, -0.1) is 0 Å². The fourth-order valence-electron chi connectivity index (χ4n) is 11.8. The summed E-state index contributed by atoms with van der Waals surface area (Å²) < 4.78 is 31.0. The molecular formula is C51H63FN4O12. The van der Waals surface area contributed by atoms with E-state index in [2.05, 4.69) is 21.3 Å². The van der Waals surface area contributed by atoms with Crippen molar-refractivity contribution < 1.29 is 62.7 Å². The maximum atomic E-state index is 17.8. The van der Waals surface area contributed by atoms with Gasteiger partial charge in [0.25, 0.3) is 0 Å². The van der Waals surface area contributed by atoms with E-state index in [1.54, 1.807) is 45.0 Å². The standard InChI is InChI=1S/C51H63FN4O12/c1-27(2)36(23-43(62)63)46(66)53-19-17-42(61)54-28(3)44(64)55-29(4)45(65)56-34-9-7-8-31(21-34)20-30-10-12-32(13-11-30)47-67-41-24-38-37-15-14-33-22-35(58)16-18-48(33,5)50(37,52)39(59)25-49(38,6)51(41,68-47)40(60)26-57/h7-13,16,18,21-22,27-29,36-39,41,47,57,59H,14-15,17,19-20,23-26H2,1-6H3,(H,53,66)(H,54,61)(H,55,64)(H,56,65)(H,62,63)/t28-,29-,36?,37-,38-,39-,41+,47+,48-,49-,50-,51+/m0/s1. The Hall–Kier alpha value is -5.62. The Morgan fingerprint density at radius 2 is 1.62 bits per heavy atom. The number of hydrogen-bond donors (Lipinski definition) is 7. The molecule has 1 saturated heterocycles. The predicted octanol–water partition coefficient (Wildman–Crippen LogP) is 4.17. The van der Waals surface area contributed by atoms with Crippen molar-refractivity contribution in [3.8, 4) is 0 Å². The van der Waals surface area contributed by atoms with Crippen molar-refractivity contribution in [2.45, 2.75) is 128 Å². The number of carboxylic acids is 1. The molecule has 0 bridgehead atoms. The lowest BCUT2D eigenvalue weighted by atomic mass is 9.44. The molecule has 5 aliphatic rings. The van der Waals surface area contributed by atoms with Gasteiger partial charge < -0.3 is 46.1 Å². The highest BCUT2D eigenvalue weighted by Gasteiger charge is 2.79. The Balaban J connectivity index is 0.928. The van der Waals surface area contributed by atoms with Gasteiger partial charge in [0.15, 0.2) is 29.1 Å². The van der Waals surface area contributed by atoms with Crippen molar-refractivity contribution >= 4 is 46.9 Å². The first kappa shape index (κ1) is 50.3. The third-order valence-electron chi connectivity index (χ3n) is 15.5. The minimum Gasteiger partial charge on any atom is -0.481 e. The van der Waals surface area contributed by atoms with E-state index < -0.39 is 112 Å². The number of nitrogens with one attached hydrogen (secondary N) is 4. The van der Waals surface area contributed by atoms with E-state index in [1.165, 1.54) is 26.0 Å². The van der Waals surface area contributed by atoms with Gasteiger partial charge in [0.1, 0.15) is 18.7 Å². The number of aliphatic carboxylic acids is 1. The van der Waals surface area contributed by atoms with Crippen LogP contribution in [0, 0.1) is 34.5 Å². The van der Waals surface area contributed by atoms with Crippen LogP contribution in [0.1, 0.15) is 103 Å². The van der Waals surface area contributed by atoms with E-state index in [0.29, 0.717) is 36.1 Å². The first-order valence-corrected chi connectivity index (χ1v) is 23.4. The minimum atomic E-state index is -2.10. The second-order valence-electron chi connectivity index (χ2n) is 20.0. The number of anilines is 1. The van der Waals surface area contributed by atoms with E-state index in [4.69, 9.17) is 14.6 Å². The van der Waals surface area contributed by atoms with Crippen LogP contribution in [0.2, 0.25) is 0 Å². The molecule has 3 saturated carbocycles. The van der Waals surface area contributed by atoms with E-state index in [9.17, 15) is 43.8 Å². The highest BCUT2D eigenvalue weighted by atomic mass is 19.1. The second kappa shape index (κ2) is 19.4. The molecule has 4 fully saturated rings. The number of hydrogen-bond acceptors (Lipinski definition) is 11. The summed E-state index contributed by atoms with van der Waals surface area (Å²) in [5.74, 6) is -6.01. The number of allylic oxidation sites excluding steroid dienone is 4. The molecule has 7 N–H and O–H groups in total. The zero-order valence-electron chi connectivity index (χ0n) is 39.3. The van der Waals surface area contributed by atoms with Gasteiger partial charge in [-0.25, -0.2) is 4.39 Å². The van der Waals surface area contributed by atoms with Gasteiger partial charge in [-0.3, -0.25) is 33.6 Å². The Morgan fingerprint density at radius 1 is 0.912 bits per heavy atom. The molecular weight excluding hydrogens is 880 g/mol. The number of alkyl halides is 1. The molecule has 0 spiro atoms. The monoisotopic (exact) mass is 942 g/mol. The lowest BCUT2D eigenvalue weighted by molar-refractivity contribution is -0.231. The Morgan fingerprint density at radius 3 is 2.29 bits per heavy atom. The number of amides is 4. The van der Waals surface area contributed by atoms with Crippen molar-refractivity contribution in [3.63, 3.8) is 0 Å². The number of carbonyl (C=O) groups is 7. The van der Waals surface area contributed by atoms with Crippen LogP contribution in [0.4, 0.5) is 10.1 Å². The quantitative estimate of drug-likeness (QED) is 0.118. The third-order valence-corrected chi connectivity index (χ3v) is 15.5. The smallest absolute Gasteiger partial charge is 0.304 e. The molecule has 16 nitrogen and oxygen atoms in total. The van der Waals surface area contributed by atoms with E-state index >= 15 is 4.39 Å². The first-order chi connectivity index (χ1) is 32.1. The molecule has 0 radical (unpaired) electrons. The van der Waals surface area contributed by atoms with Crippen molar-refractivity contribution in [3.05, 3.63) is 89.0 Å². The number of ether oxygens (including phenoxy) is 2. The van der Waals surface area contributed by atoms with Crippen LogP contribution in [0.5, 0.6) is 0 Å². The van der Waals surface area contributed by atoms with Gasteiger partial charge in [-0.2, -0.15) is 0 Å². The number of halogens is 1. The Kier molecular flexibility index (Phi) is 14.3. The minimum absolute atomic E-state index is 0.0469. The highest BCUT2D eigenvalue weighted by Crippen LogP contribution is 2.72. The second-order valence-corrected chi connectivity index (χ2v) is 20.0. The largest absolute Gasteiger partial charge is 0.481 e. The number of carbonyl (C=O) groups excluding carboxylic acids is 6. The average molecular weight is 943 g/mol. The van der Waals surface area contributed by atoms with Gasteiger partial charge in [-0.1, -0.05) is 68.8 Å². The number of rotatable bonds is 17. The summed E-state index contributed by atoms with van der Waals surface area (Å²) in [6.45, 7) is 9.16. The first-order valence-electron chi connectivity index (χ1n) is 23.4. The lowest BCUT2D eigenvalue weighted by Crippen LogP contribution is -2.69. The number of carboxylic acid groups (broad SMARTS) is 1. The summed E-state index contributed by atoms with van der Waals surface area (Å²) in [6, 6.07) is 12.7. The van der Waals surface area contributed by atoms with Crippen LogP contribution < -0.4 is 21.3 Å². The number of fused-ring (bicyclic) bond motifs is 7. The normalized spacial score (nSPS) is 31.5. The van der Waals surface area contributed by atoms with Crippen LogP contribution in [-0.2, 0) is 49.5 Å². The summed E-state index contributed by atoms with van der Waals surface area (Å²) in [4.78, 5) is 88.2. The summed E-state index contributed by atoms with van der Waals surface area (Å²) in [5, 5.41) is 41.8. The molecule has 4 aliphatic carbocycles. The van der Waals surface area contributed by atoms with Crippen LogP contribution >= 0.6 is 0 Å². The van der Waals surface area contributed by atoms with Crippen molar-refractivity contribution in [1.82, 2.24) is 16.0 Å². The number of ketones is 2. The average Bonchev–Trinajstić information content (AvgIpc) is 3.78. The lowest BCUT2D eigenvalue weighted by Gasteiger charge is -2.62. The van der Waals surface area contributed by atoms with Crippen LogP contribution in [-0.4, -0.2) is 105 Å². The number of Topliss-reactive ketones (excluding diaryl/α,β-unsaturated/α-hetero) is 1. The van der Waals surface area contributed by atoms with Crippen LogP contribution in [0.15, 0.2) is 72.3 Å². The number of aliphatic hydroxyl groups is 2. The van der Waals surface area contributed by atoms with Gasteiger partial charge in [0, 0.05) is 41.0 Å². The molecule has 17 heteroatoms. The molecule has 68 heavy (non-hydrogen) atoms. The summed E-state index contributed by atoms with van der Waals surface area (Å²) in [5.41, 5.74) is -2.46. The molecule has 4 amide bonds. The summed E-state index contributed by atoms with van der Waals surface area (Å²) in [7, 11) is 0. The third kappa shape index (κ3) is 9.05. The van der Waals surface area contributed by atoms with Gasteiger partial charge in [0.2, 0.25) is 23.6 Å². The topological polar surface area (TPSA) is 247 Å². The SMILES string of the molecule is CC(C)C(CC(=O)O)C(=O)NCCC(=O)N[C@@H](C)C(=O)N[C@@H](C)C(=O)Nc1cccc(Cc2ccc([C@@H]3O[C@@H]4C[C@H]5[C@@H]6CCC7=CC(=O)C=C[C@]7(C)[C@@]6(F)[C@@H](O)C[C@]5(C)[C@]4(C(=O)CO)O3)cc2)c1. The van der Waals surface area contributed by atoms with Crippen LogP contribution in [0.3, 0.4) is 0 Å².